The highest BCUT2D eigenvalue weighted by Crippen LogP contribution is 2.31. The molecule has 0 saturated carbocycles. The van der Waals surface area contributed by atoms with Gasteiger partial charge in [-0.15, -0.1) is 6.58 Å². The molecular weight excluding hydrogens is 329 g/mol. The Labute approximate surface area is 156 Å². The predicted octanol–water partition coefficient (Wildman–Crippen LogP) is 4.24. The van der Waals surface area contributed by atoms with E-state index in [9.17, 15) is 4.39 Å². The number of anilines is 3. The van der Waals surface area contributed by atoms with Crippen LogP contribution in [0.15, 0.2) is 43.2 Å². The van der Waals surface area contributed by atoms with Crippen molar-refractivity contribution in [2.75, 3.05) is 44.0 Å². The number of nitrogen functional groups attached to an aromatic ring is 2. The molecule has 0 radical (unpaired) electrons. The fourth-order valence-electron chi connectivity index (χ4n) is 1.99. The number of hydrogen-bond acceptors (Lipinski definition) is 5. The molecule has 0 aliphatic carbocycles. The van der Waals surface area contributed by atoms with Crippen LogP contribution in [0.5, 0.6) is 0 Å². The Kier molecular flexibility index (Phi) is 11.4. The zero-order valence-corrected chi connectivity index (χ0v) is 16.5. The zero-order valence-electron chi connectivity index (χ0n) is 16.5. The lowest BCUT2D eigenvalue weighted by molar-refractivity contribution is 0.425. The van der Waals surface area contributed by atoms with Gasteiger partial charge in [0.2, 0.25) is 0 Å². The molecule has 5 N–H and O–H groups in total. The fourth-order valence-corrected chi connectivity index (χ4v) is 1.99. The number of rotatable bonds is 5. The lowest BCUT2D eigenvalue weighted by atomic mass is 10.0. The summed E-state index contributed by atoms with van der Waals surface area (Å²) in [5.74, 6) is -0.332. The number of pyridine rings is 1. The minimum atomic E-state index is -0.332. The summed E-state index contributed by atoms with van der Waals surface area (Å²) in [7, 11) is 3.97. The third-order valence-electron chi connectivity index (χ3n) is 3.12. The van der Waals surface area contributed by atoms with Crippen LogP contribution in [-0.2, 0) is 0 Å². The molecule has 0 saturated heterocycles. The van der Waals surface area contributed by atoms with Crippen LogP contribution in [0.25, 0.3) is 11.1 Å². The highest BCUT2D eigenvalue weighted by atomic mass is 19.1. The molecule has 5 nitrogen and oxygen atoms in total. The molecule has 1 aromatic carbocycles. The number of halogens is 1. The molecule has 0 atom stereocenters. The first-order valence-electron chi connectivity index (χ1n) is 8.64. The summed E-state index contributed by atoms with van der Waals surface area (Å²) in [6.07, 6.45) is 4.82. The Morgan fingerprint density at radius 3 is 2.38 bits per heavy atom. The molecule has 0 aliphatic heterocycles. The van der Waals surface area contributed by atoms with Crippen molar-refractivity contribution in [3.05, 3.63) is 49.1 Å². The highest BCUT2D eigenvalue weighted by Gasteiger charge is 2.09. The molecule has 0 fully saturated rings. The second kappa shape index (κ2) is 12.7. The van der Waals surface area contributed by atoms with Crippen molar-refractivity contribution in [1.29, 1.82) is 0 Å². The Hall–Kier alpha value is -2.60. The van der Waals surface area contributed by atoms with Crippen molar-refractivity contribution in [2.45, 2.75) is 20.8 Å². The van der Waals surface area contributed by atoms with Crippen LogP contribution in [0, 0.1) is 5.82 Å². The molecule has 0 spiro atoms. The molecule has 6 heteroatoms. The zero-order chi connectivity index (χ0) is 20.1. The van der Waals surface area contributed by atoms with Crippen molar-refractivity contribution in [3.8, 4) is 11.1 Å². The standard InChI is InChI=1S/C15H20FN5.C3H6.C2H6/c1-21(2)4-3-20-12-6-10(5-11(16)7-12)13-8-19-9-14(17)15(13)18;1-3-2;1-2/h5-9,20H,3-4,17H2,1-2H3,(H2,18,19);3H,1H2,2H3;1-2H3. The lowest BCUT2D eigenvalue weighted by Crippen LogP contribution is -2.20. The summed E-state index contributed by atoms with van der Waals surface area (Å²) in [5.41, 5.74) is 14.5. The van der Waals surface area contributed by atoms with Gasteiger partial charge in [0.15, 0.2) is 0 Å². The summed E-state index contributed by atoms with van der Waals surface area (Å²) in [6.45, 7) is 10.8. The summed E-state index contributed by atoms with van der Waals surface area (Å²) in [5, 5.41) is 3.19. The summed E-state index contributed by atoms with van der Waals surface area (Å²) in [6, 6.07) is 4.71. The number of nitrogens with two attached hydrogens (primary N) is 2. The van der Waals surface area contributed by atoms with Crippen molar-refractivity contribution >= 4 is 17.1 Å². The second-order valence-corrected chi connectivity index (χ2v) is 5.56. The third kappa shape index (κ3) is 7.98. The first-order valence-corrected chi connectivity index (χ1v) is 8.64. The van der Waals surface area contributed by atoms with Gasteiger partial charge in [0, 0.05) is 30.5 Å². The van der Waals surface area contributed by atoms with E-state index in [0.29, 0.717) is 28.2 Å². The molecule has 0 bridgehead atoms. The summed E-state index contributed by atoms with van der Waals surface area (Å²) < 4.78 is 13.8. The van der Waals surface area contributed by atoms with Gasteiger partial charge in [-0.25, -0.2) is 4.39 Å². The van der Waals surface area contributed by atoms with Gasteiger partial charge >= 0.3 is 0 Å². The SMILES string of the molecule is C=CC.CC.CN(C)CCNc1cc(F)cc(-c2cncc(N)c2N)c1. The molecule has 26 heavy (non-hydrogen) atoms. The molecule has 1 heterocycles. The molecular formula is C20H32FN5. The Balaban J connectivity index is 0.00000113. The smallest absolute Gasteiger partial charge is 0.125 e. The van der Waals surface area contributed by atoms with Crippen LogP contribution in [0.3, 0.4) is 0 Å². The first kappa shape index (κ1) is 23.4. The lowest BCUT2D eigenvalue weighted by Gasteiger charge is -2.13. The van der Waals surface area contributed by atoms with Gasteiger partial charge < -0.3 is 21.7 Å². The van der Waals surface area contributed by atoms with Gasteiger partial charge in [-0.05, 0) is 44.8 Å². The maximum absolute atomic E-state index is 13.8. The Morgan fingerprint density at radius 2 is 1.81 bits per heavy atom. The number of allylic oxidation sites excluding steroid dienone is 1. The molecule has 0 unspecified atom stereocenters. The predicted molar refractivity (Wildman–Crippen MR) is 113 cm³/mol. The number of hydrogen-bond donors (Lipinski definition) is 3. The average molecular weight is 362 g/mol. The number of benzene rings is 1. The van der Waals surface area contributed by atoms with E-state index in [0.717, 1.165) is 13.1 Å². The van der Waals surface area contributed by atoms with E-state index in [4.69, 9.17) is 11.5 Å². The average Bonchev–Trinajstić information content (AvgIpc) is 2.59. The van der Waals surface area contributed by atoms with E-state index in [-0.39, 0.29) is 5.82 Å². The minimum absolute atomic E-state index is 0.332. The van der Waals surface area contributed by atoms with Crippen molar-refractivity contribution in [2.24, 2.45) is 0 Å². The molecule has 2 aromatic rings. The molecule has 1 aromatic heterocycles. The van der Waals surface area contributed by atoms with Crippen molar-refractivity contribution in [3.63, 3.8) is 0 Å². The Bertz CT molecular complexity index is 671. The summed E-state index contributed by atoms with van der Waals surface area (Å²) in [4.78, 5) is 6.06. The number of nitrogens with zero attached hydrogens (tertiary/aromatic N) is 2. The Morgan fingerprint density at radius 1 is 1.19 bits per heavy atom. The third-order valence-corrected chi connectivity index (χ3v) is 3.12. The van der Waals surface area contributed by atoms with Gasteiger partial charge in [0.25, 0.3) is 0 Å². The van der Waals surface area contributed by atoms with Crippen LogP contribution >= 0.6 is 0 Å². The van der Waals surface area contributed by atoms with Crippen molar-refractivity contribution < 1.29 is 4.39 Å². The number of aromatic nitrogens is 1. The van der Waals surface area contributed by atoms with Crippen LogP contribution in [-0.4, -0.2) is 37.1 Å². The number of nitrogens with one attached hydrogen (secondary N) is 1. The van der Waals surface area contributed by atoms with Crippen LogP contribution in [0.1, 0.15) is 20.8 Å². The van der Waals surface area contributed by atoms with E-state index < -0.39 is 0 Å². The van der Waals surface area contributed by atoms with Gasteiger partial charge in [0.1, 0.15) is 5.82 Å². The normalized spacial score (nSPS) is 9.50. The van der Waals surface area contributed by atoms with E-state index >= 15 is 0 Å². The van der Waals surface area contributed by atoms with E-state index in [1.807, 2.05) is 45.8 Å². The van der Waals surface area contributed by atoms with Crippen LogP contribution < -0.4 is 16.8 Å². The van der Waals surface area contributed by atoms with E-state index in [1.54, 1.807) is 12.3 Å². The van der Waals surface area contributed by atoms with Crippen LogP contribution in [0.4, 0.5) is 21.5 Å². The van der Waals surface area contributed by atoms with Crippen LogP contribution in [0.2, 0.25) is 0 Å². The monoisotopic (exact) mass is 361 g/mol. The molecule has 0 aliphatic rings. The second-order valence-electron chi connectivity index (χ2n) is 5.56. The largest absolute Gasteiger partial charge is 0.396 e. The molecule has 2 rings (SSSR count). The quantitative estimate of drug-likeness (QED) is 0.694. The van der Waals surface area contributed by atoms with Gasteiger partial charge in [-0.3, -0.25) is 4.98 Å². The minimum Gasteiger partial charge on any atom is -0.396 e. The first-order chi connectivity index (χ1) is 12.4. The van der Waals surface area contributed by atoms with E-state index in [2.05, 4.69) is 16.9 Å². The van der Waals surface area contributed by atoms with E-state index in [1.165, 1.54) is 18.3 Å². The topological polar surface area (TPSA) is 80.2 Å². The van der Waals surface area contributed by atoms with Gasteiger partial charge in [0.05, 0.1) is 17.6 Å². The number of likely N-dealkylation sites (N-methyl/N-ethyl adjacent to an activating group) is 1. The van der Waals surface area contributed by atoms with Gasteiger partial charge in [-0.1, -0.05) is 19.9 Å². The molecule has 144 valence electrons. The highest BCUT2D eigenvalue weighted by molar-refractivity contribution is 5.84. The molecule has 0 amide bonds. The van der Waals surface area contributed by atoms with Crippen molar-refractivity contribution in [1.82, 2.24) is 9.88 Å². The summed E-state index contributed by atoms with van der Waals surface area (Å²) >= 11 is 0. The maximum Gasteiger partial charge on any atom is 0.125 e. The fraction of sp³-hybridized carbons (Fsp3) is 0.350. The van der Waals surface area contributed by atoms with Gasteiger partial charge in [-0.2, -0.15) is 0 Å². The maximum atomic E-state index is 13.8.